The molecule has 0 amide bonds. The predicted octanol–water partition coefficient (Wildman–Crippen LogP) is 1.26. The van der Waals surface area contributed by atoms with Crippen molar-refractivity contribution in [2.24, 2.45) is 5.92 Å². The molecule has 1 N–H and O–H groups in total. The maximum atomic E-state index is 11.7. The molecule has 0 radical (unpaired) electrons. The Bertz CT molecular complexity index is 254. The van der Waals surface area contributed by atoms with Gasteiger partial charge < -0.3 is 10.1 Å². The van der Waals surface area contributed by atoms with Crippen LogP contribution in [0.25, 0.3) is 0 Å². The summed E-state index contributed by atoms with van der Waals surface area (Å²) in [6.45, 7) is 10.7. The highest BCUT2D eigenvalue weighted by molar-refractivity contribution is 5.75. The average Bonchev–Trinajstić information content (AvgIpc) is 2.73. The maximum absolute atomic E-state index is 11.7. The summed E-state index contributed by atoms with van der Waals surface area (Å²) in [6.07, 6.45) is 1.11. The molecule has 1 rings (SSSR count). The van der Waals surface area contributed by atoms with Crippen LogP contribution in [0.5, 0.6) is 0 Å². The normalized spacial score (nSPS) is 23.4. The number of carbonyl (C=O) groups excluding carboxylic acids is 1. The van der Waals surface area contributed by atoms with E-state index in [9.17, 15) is 4.79 Å². The zero-order valence-electron chi connectivity index (χ0n) is 11.7. The van der Waals surface area contributed by atoms with Crippen LogP contribution in [0.2, 0.25) is 0 Å². The monoisotopic (exact) mass is 242 g/mol. The van der Waals surface area contributed by atoms with Gasteiger partial charge in [-0.05, 0) is 32.7 Å². The number of likely N-dealkylation sites (tertiary alicyclic amines) is 1. The van der Waals surface area contributed by atoms with E-state index in [0.29, 0.717) is 12.1 Å². The molecule has 100 valence electrons. The zero-order valence-corrected chi connectivity index (χ0v) is 11.7. The first-order valence-corrected chi connectivity index (χ1v) is 6.53. The lowest BCUT2D eigenvalue weighted by molar-refractivity contribution is -0.144. The van der Waals surface area contributed by atoms with E-state index in [1.807, 2.05) is 13.8 Å². The molecule has 0 bridgehead atoms. The molecule has 0 saturated carbocycles. The predicted molar refractivity (Wildman–Crippen MR) is 68.9 cm³/mol. The standard InChI is InChI=1S/C13H26N2O2/c1-9(2)12(13(16)17-5)14-11-6-7-15(8-11)10(3)4/h9-12,14H,6-8H2,1-5H3. The molecular formula is C13H26N2O2. The summed E-state index contributed by atoms with van der Waals surface area (Å²) in [5, 5.41) is 3.43. The topological polar surface area (TPSA) is 41.6 Å². The maximum Gasteiger partial charge on any atom is 0.323 e. The van der Waals surface area contributed by atoms with Crippen molar-refractivity contribution in [1.29, 1.82) is 0 Å². The highest BCUT2D eigenvalue weighted by Crippen LogP contribution is 2.15. The Hall–Kier alpha value is -0.610. The van der Waals surface area contributed by atoms with Gasteiger partial charge in [-0.2, -0.15) is 0 Å². The molecule has 1 fully saturated rings. The van der Waals surface area contributed by atoms with E-state index in [0.717, 1.165) is 19.5 Å². The molecule has 1 heterocycles. The Morgan fingerprint density at radius 3 is 2.41 bits per heavy atom. The van der Waals surface area contributed by atoms with Crippen molar-refractivity contribution >= 4 is 5.97 Å². The van der Waals surface area contributed by atoms with Crippen LogP contribution in [-0.2, 0) is 9.53 Å². The first kappa shape index (κ1) is 14.5. The fourth-order valence-corrected chi connectivity index (χ4v) is 2.31. The fourth-order valence-electron chi connectivity index (χ4n) is 2.31. The van der Waals surface area contributed by atoms with Crippen molar-refractivity contribution in [3.05, 3.63) is 0 Å². The highest BCUT2D eigenvalue weighted by Gasteiger charge is 2.30. The minimum Gasteiger partial charge on any atom is -0.468 e. The SMILES string of the molecule is COC(=O)C(NC1CCN(C(C)C)C1)C(C)C. The molecule has 2 unspecified atom stereocenters. The molecule has 4 heteroatoms. The van der Waals surface area contributed by atoms with Gasteiger partial charge in [0.15, 0.2) is 0 Å². The van der Waals surface area contributed by atoms with Gasteiger partial charge >= 0.3 is 5.97 Å². The van der Waals surface area contributed by atoms with E-state index in [1.165, 1.54) is 7.11 Å². The van der Waals surface area contributed by atoms with E-state index in [1.54, 1.807) is 0 Å². The average molecular weight is 242 g/mol. The van der Waals surface area contributed by atoms with Gasteiger partial charge in [0.1, 0.15) is 6.04 Å². The van der Waals surface area contributed by atoms with E-state index >= 15 is 0 Å². The molecule has 1 saturated heterocycles. The number of ether oxygens (including phenoxy) is 1. The molecule has 0 aromatic carbocycles. The lowest BCUT2D eigenvalue weighted by Crippen LogP contribution is -2.48. The van der Waals surface area contributed by atoms with E-state index in [-0.39, 0.29) is 17.9 Å². The van der Waals surface area contributed by atoms with Crippen LogP contribution >= 0.6 is 0 Å². The number of hydrogen-bond donors (Lipinski definition) is 1. The van der Waals surface area contributed by atoms with E-state index < -0.39 is 0 Å². The minimum atomic E-state index is -0.183. The molecule has 2 atom stereocenters. The summed E-state index contributed by atoms with van der Waals surface area (Å²) in [5.41, 5.74) is 0. The summed E-state index contributed by atoms with van der Waals surface area (Å²) in [7, 11) is 1.45. The van der Waals surface area contributed by atoms with Crippen molar-refractivity contribution in [3.8, 4) is 0 Å². The minimum absolute atomic E-state index is 0.150. The molecule has 0 aliphatic carbocycles. The molecule has 1 aliphatic rings. The number of carbonyl (C=O) groups is 1. The molecule has 0 aromatic heterocycles. The van der Waals surface area contributed by atoms with Gasteiger partial charge in [-0.3, -0.25) is 9.69 Å². The summed E-state index contributed by atoms with van der Waals surface area (Å²) < 4.78 is 4.84. The largest absolute Gasteiger partial charge is 0.468 e. The van der Waals surface area contributed by atoms with Crippen molar-refractivity contribution in [2.75, 3.05) is 20.2 Å². The van der Waals surface area contributed by atoms with E-state index in [2.05, 4.69) is 24.1 Å². The highest BCUT2D eigenvalue weighted by atomic mass is 16.5. The Morgan fingerprint density at radius 1 is 1.35 bits per heavy atom. The quantitative estimate of drug-likeness (QED) is 0.737. The van der Waals surface area contributed by atoms with Crippen LogP contribution in [0.4, 0.5) is 0 Å². The first-order chi connectivity index (χ1) is 7.95. The van der Waals surface area contributed by atoms with Crippen molar-refractivity contribution in [1.82, 2.24) is 10.2 Å². The third-order valence-electron chi connectivity index (χ3n) is 3.49. The molecule has 17 heavy (non-hydrogen) atoms. The van der Waals surface area contributed by atoms with Crippen LogP contribution in [-0.4, -0.2) is 49.2 Å². The van der Waals surface area contributed by atoms with Gasteiger partial charge in [0, 0.05) is 18.6 Å². The van der Waals surface area contributed by atoms with Crippen LogP contribution in [0, 0.1) is 5.92 Å². The smallest absolute Gasteiger partial charge is 0.323 e. The second-order valence-electron chi connectivity index (χ2n) is 5.49. The van der Waals surface area contributed by atoms with Gasteiger partial charge in [-0.15, -0.1) is 0 Å². The third-order valence-corrected chi connectivity index (χ3v) is 3.49. The Morgan fingerprint density at radius 2 is 2.00 bits per heavy atom. The molecule has 0 aromatic rings. The summed E-state index contributed by atoms with van der Waals surface area (Å²) in [5.74, 6) is 0.110. The van der Waals surface area contributed by atoms with Gasteiger partial charge in [0.25, 0.3) is 0 Å². The van der Waals surface area contributed by atoms with Crippen LogP contribution in [0.15, 0.2) is 0 Å². The van der Waals surface area contributed by atoms with Crippen LogP contribution < -0.4 is 5.32 Å². The molecule has 0 spiro atoms. The van der Waals surface area contributed by atoms with Crippen LogP contribution in [0.1, 0.15) is 34.1 Å². The number of nitrogens with one attached hydrogen (secondary N) is 1. The second-order valence-corrected chi connectivity index (χ2v) is 5.49. The molecule has 1 aliphatic heterocycles. The van der Waals surface area contributed by atoms with Gasteiger partial charge in [-0.25, -0.2) is 0 Å². The molecule has 4 nitrogen and oxygen atoms in total. The number of rotatable bonds is 5. The van der Waals surface area contributed by atoms with Crippen LogP contribution in [0.3, 0.4) is 0 Å². The zero-order chi connectivity index (χ0) is 13.0. The number of nitrogens with zero attached hydrogens (tertiary/aromatic N) is 1. The summed E-state index contributed by atoms with van der Waals surface area (Å²) >= 11 is 0. The van der Waals surface area contributed by atoms with E-state index in [4.69, 9.17) is 4.74 Å². The Labute approximate surface area is 105 Å². The van der Waals surface area contributed by atoms with Crippen molar-refractivity contribution in [2.45, 2.75) is 52.2 Å². The lowest BCUT2D eigenvalue weighted by Gasteiger charge is -2.25. The number of methoxy groups -OCH3 is 1. The fraction of sp³-hybridized carbons (Fsp3) is 0.923. The first-order valence-electron chi connectivity index (χ1n) is 6.53. The third kappa shape index (κ3) is 3.96. The van der Waals surface area contributed by atoms with Crippen molar-refractivity contribution < 1.29 is 9.53 Å². The Balaban J connectivity index is 2.49. The number of esters is 1. The van der Waals surface area contributed by atoms with Gasteiger partial charge in [-0.1, -0.05) is 13.8 Å². The second kappa shape index (κ2) is 6.36. The lowest BCUT2D eigenvalue weighted by atomic mass is 10.0. The molecular weight excluding hydrogens is 216 g/mol. The van der Waals surface area contributed by atoms with Gasteiger partial charge in [0.2, 0.25) is 0 Å². The van der Waals surface area contributed by atoms with Crippen molar-refractivity contribution in [3.63, 3.8) is 0 Å². The summed E-state index contributed by atoms with van der Waals surface area (Å²) in [6, 6.07) is 0.804. The number of hydrogen-bond acceptors (Lipinski definition) is 4. The Kier molecular flexibility index (Phi) is 5.40. The summed E-state index contributed by atoms with van der Waals surface area (Å²) in [4.78, 5) is 14.1. The van der Waals surface area contributed by atoms with Gasteiger partial charge in [0.05, 0.1) is 7.11 Å².